The molecule has 1 aromatic carbocycles. The van der Waals surface area contributed by atoms with E-state index in [0.717, 1.165) is 21.3 Å². The summed E-state index contributed by atoms with van der Waals surface area (Å²) < 4.78 is 6.71. The van der Waals surface area contributed by atoms with Crippen molar-refractivity contribution >= 4 is 15.9 Å². The quantitative estimate of drug-likeness (QED) is 0.943. The largest absolute Gasteiger partial charge is 0.455 e. The van der Waals surface area contributed by atoms with Gasteiger partial charge in [-0.25, -0.2) is 0 Å². The minimum absolute atomic E-state index is 0.0646. The predicted molar refractivity (Wildman–Crippen MR) is 69.1 cm³/mol. The van der Waals surface area contributed by atoms with Gasteiger partial charge in [0.25, 0.3) is 0 Å². The number of pyridine rings is 1. The Morgan fingerprint density at radius 2 is 2.12 bits per heavy atom. The third-order valence-corrected chi connectivity index (χ3v) is 2.90. The highest BCUT2D eigenvalue weighted by molar-refractivity contribution is 9.10. The Balaban J connectivity index is 2.34. The maximum atomic E-state index is 9.20. The number of halogens is 1. The number of ether oxygens (including phenoxy) is 1. The SMILES string of the molecule is Cc1ccc(Br)cc1Oc1cnccc1CO. The van der Waals surface area contributed by atoms with Crippen molar-refractivity contribution in [1.82, 2.24) is 4.98 Å². The van der Waals surface area contributed by atoms with Gasteiger partial charge in [-0.15, -0.1) is 0 Å². The maximum Gasteiger partial charge on any atom is 0.151 e. The standard InChI is InChI=1S/C13H12BrNO2/c1-9-2-3-11(14)6-12(9)17-13-7-15-5-4-10(13)8-16/h2-7,16H,8H2,1H3. The smallest absolute Gasteiger partial charge is 0.151 e. The molecule has 0 radical (unpaired) electrons. The van der Waals surface area contributed by atoms with Crippen LogP contribution in [0.4, 0.5) is 0 Å². The van der Waals surface area contributed by atoms with Gasteiger partial charge in [-0.1, -0.05) is 22.0 Å². The van der Waals surface area contributed by atoms with Gasteiger partial charge in [0.05, 0.1) is 12.8 Å². The van der Waals surface area contributed by atoms with Gasteiger partial charge in [0.2, 0.25) is 0 Å². The van der Waals surface area contributed by atoms with E-state index < -0.39 is 0 Å². The van der Waals surface area contributed by atoms with Crippen molar-refractivity contribution in [1.29, 1.82) is 0 Å². The maximum absolute atomic E-state index is 9.20. The van der Waals surface area contributed by atoms with E-state index in [1.807, 2.05) is 25.1 Å². The second-order valence-corrected chi connectivity index (χ2v) is 4.57. The summed E-state index contributed by atoms with van der Waals surface area (Å²) in [5.41, 5.74) is 1.75. The lowest BCUT2D eigenvalue weighted by atomic mass is 10.2. The molecule has 0 aliphatic rings. The van der Waals surface area contributed by atoms with E-state index in [1.165, 1.54) is 0 Å². The minimum Gasteiger partial charge on any atom is -0.455 e. The van der Waals surface area contributed by atoms with Crippen LogP contribution in [0.2, 0.25) is 0 Å². The normalized spacial score (nSPS) is 10.3. The number of nitrogens with zero attached hydrogens (tertiary/aromatic N) is 1. The van der Waals surface area contributed by atoms with Crippen LogP contribution in [0.3, 0.4) is 0 Å². The molecule has 1 aromatic heterocycles. The van der Waals surface area contributed by atoms with Crippen molar-refractivity contribution in [2.75, 3.05) is 0 Å². The third-order valence-electron chi connectivity index (χ3n) is 2.41. The highest BCUT2D eigenvalue weighted by atomic mass is 79.9. The zero-order valence-electron chi connectivity index (χ0n) is 9.35. The Bertz CT molecular complexity index is 529. The monoisotopic (exact) mass is 293 g/mol. The van der Waals surface area contributed by atoms with Crippen molar-refractivity contribution in [3.63, 3.8) is 0 Å². The Hall–Kier alpha value is -1.39. The molecule has 1 heterocycles. The third kappa shape index (κ3) is 2.84. The molecule has 2 aromatic rings. The summed E-state index contributed by atoms with van der Waals surface area (Å²) >= 11 is 3.40. The van der Waals surface area contributed by atoms with Crippen molar-refractivity contribution in [2.45, 2.75) is 13.5 Å². The summed E-state index contributed by atoms with van der Waals surface area (Å²) in [7, 11) is 0. The molecule has 0 amide bonds. The predicted octanol–water partition coefficient (Wildman–Crippen LogP) is 3.44. The molecule has 0 spiro atoms. The number of benzene rings is 1. The number of hydrogen-bond acceptors (Lipinski definition) is 3. The van der Waals surface area contributed by atoms with E-state index in [1.54, 1.807) is 18.5 Å². The van der Waals surface area contributed by atoms with Gasteiger partial charge in [-0.05, 0) is 30.7 Å². The van der Waals surface area contributed by atoms with Gasteiger partial charge in [0.1, 0.15) is 5.75 Å². The summed E-state index contributed by atoms with van der Waals surface area (Å²) in [6, 6.07) is 7.55. The summed E-state index contributed by atoms with van der Waals surface area (Å²) in [5.74, 6) is 1.33. The van der Waals surface area contributed by atoms with Crippen molar-refractivity contribution < 1.29 is 9.84 Å². The molecular weight excluding hydrogens is 282 g/mol. The first kappa shape index (κ1) is 12.1. The Kier molecular flexibility index (Phi) is 3.76. The summed E-state index contributed by atoms with van der Waals surface area (Å²) in [5, 5.41) is 9.20. The van der Waals surface area contributed by atoms with Crippen LogP contribution in [-0.4, -0.2) is 10.1 Å². The molecule has 0 bridgehead atoms. The van der Waals surface area contributed by atoms with Crippen LogP contribution in [-0.2, 0) is 6.61 Å². The lowest BCUT2D eigenvalue weighted by Gasteiger charge is -2.11. The van der Waals surface area contributed by atoms with Crippen LogP contribution in [0, 0.1) is 6.92 Å². The highest BCUT2D eigenvalue weighted by Crippen LogP contribution is 2.29. The van der Waals surface area contributed by atoms with Gasteiger partial charge >= 0.3 is 0 Å². The molecular formula is C13H12BrNO2. The second kappa shape index (κ2) is 5.29. The summed E-state index contributed by atoms with van der Waals surface area (Å²) in [6.45, 7) is 1.90. The number of aromatic nitrogens is 1. The number of rotatable bonds is 3. The Labute approximate surface area is 108 Å². The van der Waals surface area contributed by atoms with Gasteiger partial charge in [0.15, 0.2) is 5.75 Å². The zero-order chi connectivity index (χ0) is 12.3. The van der Waals surface area contributed by atoms with Gasteiger partial charge in [-0.3, -0.25) is 4.98 Å². The van der Waals surface area contributed by atoms with E-state index in [-0.39, 0.29) is 6.61 Å². The lowest BCUT2D eigenvalue weighted by molar-refractivity contribution is 0.276. The molecule has 1 N–H and O–H groups in total. The molecule has 4 heteroatoms. The highest BCUT2D eigenvalue weighted by Gasteiger charge is 2.06. The number of aryl methyl sites for hydroxylation is 1. The first-order valence-corrected chi connectivity index (χ1v) is 5.98. The molecule has 88 valence electrons. The van der Waals surface area contributed by atoms with Crippen molar-refractivity contribution in [2.24, 2.45) is 0 Å². The molecule has 2 rings (SSSR count). The second-order valence-electron chi connectivity index (χ2n) is 3.65. The molecule has 0 saturated carbocycles. The molecule has 3 nitrogen and oxygen atoms in total. The zero-order valence-corrected chi connectivity index (χ0v) is 10.9. The van der Waals surface area contributed by atoms with Crippen molar-refractivity contribution in [3.05, 3.63) is 52.3 Å². The first-order valence-electron chi connectivity index (χ1n) is 5.18. The number of hydrogen-bond donors (Lipinski definition) is 1. The fraction of sp³-hybridized carbons (Fsp3) is 0.154. The molecule has 0 aliphatic carbocycles. The van der Waals surface area contributed by atoms with Gasteiger partial charge < -0.3 is 9.84 Å². The molecule has 0 aliphatic heterocycles. The van der Waals surface area contributed by atoms with Gasteiger partial charge in [0, 0.05) is 16.2 Å². The minimum atomic E-state index is -0.0646. The van der Waals surface area contributed by atoms with E-state index in [0.29, 0.717) is 5.75 Å². The van der Waals surface area contributed by atoms with Crippen LogP contribution >= 0.6 is 15.9 Å². The van der Waals surface area contributed by atoms with Crippen LogP contribution < -0.4 is 4.74 Å². The van der Waals surface area contributed by atoms with E-state index in [4.69, 9.17) is 4.74 Å². The number of aliphatic hydroxyl groups is 1. The van der Waals surface area contributed by atoms with Crippen LogP contribution in [0.1, 0.15) is 11.1 Å². The average Bonchev–Trinajstić information content (AvgIpc) is 2.34. The van der Waals surface area contributed by atoms with E-state index in [2.05, 4.69) is 20.9 Å². The van der Waals surface area contributed by atoms with Crippen LogP contribution in [0.15, 0.2) is 41.1 Å². The molecule has 17 heavy (non-hydrogen) atoms. The molecule has 0 saturated heterocycles. The van der Waals surface area contributed by atoms with Crippen molar-refractivity contribution in [3.8, 4) is 11.5 Å². The molecule has 0 fully saturated rings. The van der Waals surface area contributed by atoms with E-state index >= 15 is 0 Å². The first-order chi connectivity index (χ1) is 8.20. The fourth-order valence-corrected chi connectivity index (χ4v) is 1.77. The van der Waals surface area contributed by atoms with Gasteiger partial charge in [-0.2, -0.15) is 0 Å². The average molecular weight is 294 g/mol. The number of aliphatic hydroxyl groups excluding tert-OH is 1. The Morgan fingerprint density at radius 3 is 2.88 bits per heavy atom. The summed E-state index contributed by atoms with van der Waals surface area (Å²) in [4.78, 5) is 3.99. The van der Waals surface area contributed by atoms with Crippen LogP contribution in [0.5, 0.6) is 11.5 Å². The molecule has 0 unspecified atom stereocenters. The Morgan fingerprint density at radius 1 is 1.29 bits per heavy atom. The topological polar surface area (TPSA) is 42.4 Å². The fourth-order valence-electron chi connectivity index (χ4n) is 1.43. The summed E-state index contributed by atoms with van der Waals surface area (Å²) in [6.07, 6.45) is 3.23. The van der Waals surface area contributed by atoms with Crippen LogP contribution in [0.25, 0.3) is 0 Å². The van der Waals surface area contributed by atoms with E-state index in [9.17, 15) is 5.11 Å². The molecule has 0 atom stereocenters. The lowest BCUT2D eigenvalue weighted by Crippen LogP contribution is -1.94.